The molecule has 2 amide bonds. The standard InChI is InChI=1S/C23H19ClF2N6O2/c1-23(14-4-2-5-15(24)18(14)25)11-28-21(33)13-8-27-20(19(26)17(13)23)30-12-9-32(10-12)22(34)16-6-3-7-29-31-16/h2-8,12H,9-11H2,1H3,(H,27,30)(H,28,33)/t23-/m1/s1. The number of benzene rings is 1. The largest absolute Gasteiger partial charge is 0.361 e. The number of fused-ring (bicyclic) bond motifs is 1. The molecule has 5 rings (SSSR count). The predicted octanol–water partition coefficient (Wildman–Crippen LogP) is 2.79. The molecule has 1 saturated heterocycles. The minimum atomic E-state index is -1.21. The Labute approximate surface area is 198 Å². The molecule has 2 N–H and O–H groups in total. The van der Waals surface area contributed by atoms with Gasteiger partial charge in [0.25, 0.3) is 11.8 Å². The van der Waals surface area contributed by atoms with E-state index in [1.165, 1.54) is 24.5 Å². The first-order valence-corrected chi connectivity index (χ1v) is 10.9. The molecule has 8 nitrogen and oxygen atoms in total. The first kappa shape index (κ1) is 22.1. The van der Waals surface area contributed by atoms with Gasteiger partial charge in [-0.1, -0.05) is 23.7 Å². The van der Waals surface area contributed by atoms with Crippen LogP contribution < -0.4 is 10.6 Å². The molecule has 0 bridgehead atoms. The molecule has 34 heavy (non-hydrogen) atoms. The Bertz CT molecular complexity index is 1300. The molecule has 0 radical (unpaired) electrons. The third-order valence-corrected chi connectivity index (χ3v) is 6.56. The summed E-state index contributed by atoms with van der Waals surface area (Å²) in [5, 5.41) is 13.1. The van der Waals surface area contributed by atoms with Crippen LogP contribution in [0.3, 0.4) is 0 Å². The van der Waals surface area contributed by atoms with Gasteiger partial charge in [-0.05, 0) is 25.1 Å². The van der Waals surface area contributed by atoms with Crippen molar-refractivity contribution in [3.63, 3.8) is 0 Å². The first-order valence-electron chi connectivity index (χ1n) is 10.5. The van der Waals surface area contributed by atoms with Gasteiger partial charge in [0.2, 0.25) is 0 Å². The highest BCUT2D eigenvalue weighted by molar-refractivity contribution is 6.30. The Kier molecular flexibility index (Phi) is 5.40. The second kappa shape index (κ2) is 8.28. The van der Waals surface area contributed by atoms with Crippen molar-refractivity contribution in [1.29, 1.82) is 0 Å². The molecule has 11 heteroatoms. The fraction of sp³-hybridized carbons (Fsp3) is 0.261. The van der Waals surface area contributed by atoms with E-state index in [0.717, 1.165) is 0 Å². The van der Waals surface area contributed by atoms with Crippen LogP contribution in [-0.2, 0) is 5.41 Å². The average molecular weight is 485 g/mol. The zero-order chi connectivity index (χ0) is 24.0. The summed E-state index contributed by atoms with van der Waals surface area (Å²) < 4.78 is 30.8. The van der Waals surface area contributed by atoms with E-state index in [0.29, 0.717) is 13.1 Å². The molecule has 0 unspecified atom stereocenters. The van der Waals surface area contributed by atoms with Crippen molar-refractivity contribution >= 4 is 29.2 Å². The number of nitrogens with one attached hydrogen (secondary N) is 2. The number of anilines is 1. The van der Waals surface area contributed by atoms with Crippen molar-refractivity contribution in [2.75, 3.05) is 25.0 Å². The zero-order valence-corrected chi connectivity index (χ0v) is 18.7. The van der Waals surface area contributed by atoms with E-state index in [1.807, 2.05) is 0 Å². The van der Waals surface area contributed by atoms with E-state index >= 15 is 4.39 Å². The van der Waals surface area contributed by atoms with E-state index in [-0.39, 0.29) is 51.7 Å². The number of hydrogen-bond acceptors (Lipinski definition) is 6. The molecular weight excluding hydrogens is 466 g/mol. The Balaban J connectivity index is 1.43. The highest BCUT2D eigenvalue weighted by Gasteiger charge is 2.43. The fourth-order valence-electron chi connectivity index (χ4n) is 4.41. The molecule has 0 saturated carbocycles. The monoisotopic (exact) mass is 484 g/mol. The molecule has 1 atom stereocenters. The van der Waals surface area contributed by atoms with Gasteiger partial charge in [-0.25, -0.2) is 13.8 Å². The van der Waals surface area contributed by atoms with Crippen LogP contribution in [0.15, 0.2) is 42.7 Å². The molecule has 2 aromatic heterocycles. The van der Waals surface area contributed by atoms with Crippen LogP contribution >= 0.6 is 11.6 Å². The lowest BCUT2D eigenvalue weighted by Gasteiger charge is -2.40. The summed E-state index contributed by atoms with van der Waals surface area (Å²) in [7, 11) is 0. The minimum Gasteiger partial charge on any atom is -0.361 e. The van der Waals surface area contributed by atoms with E-state index in [9.17, 15) is 14.0 Å². The Morgan fingerprint density at radius 2 is 2.03 bits per heavy atom. The van der Waals surface area contributed by atoms with Crippen molar-refractivity contribution in [2.45, 2.75) is 18.4 Å². The third kappa shape index (κ3) is 3.54. The number of aromatic nitrogens is 3. The van der Waals surface area contributed by atoms with Gasteiger partial charge in [0.1, 0.15) is 5.82 Å². The van der Waals surface area contributed by atoms with E-state index in [1.54, 1.807) is 30.0 Å². The Morgan fingerprint density at radius 1 is 1.24 bits per heavy atom. The summed E-state index contributed by atoms with van der Waals surface area (Å²) in [6.07, 6.45) is 2.75. The lowest BCUT2D eigenvalue weighted by Crippen LogP contribution is -2.57. The van der Waals surface area contributed by atoms with Crippen molar-refractivity contribution in [3.05, 3.63) is 81.8 Å². The van der Waals surface area contributed by atoms with Crippen LogP contribution in [0.4, 0.5) is 14.6 Å². The van der Waals surface area contributed by atoms with Gasteiger partial charge < -0.3 is 15.5 Å². The topological polar surface area (TPSA) is 100 Å². The fourth-order valence-corrected chi connectivity index (χ4v) is 4.58. The van der Waals surface area contributed by atoms with Gasteiger partial charge in [-0.15, -0.1) is 5.10 Å². The maximum atomic E-state index is 15.8. The second-order valence-corrected chi connectivity index (χ2v) is 8.89. The number of pyridine rings is 1. The van der Waals surface area contributed by atoms with Gasteiger partial charge in [0.05, 0.1) is 16.6 Å². The average Bonchev–Trinajstić information content (AvgIpc) is 2.81. The number of nitrogens with zero attached hydrogens (tertiary/aromatic N) is 4. The van der Waals surface area contributed by atoms with Crippen LogP contribution in [-0.4, -0.2) is 57.6 Å². The number of rotatable bonds is 4. The second-order valence-electron chi connectivity index (χ2n) is 8.49. The molecule has 174 valence electrons. The number of halogens is 3. The summed E-state index contributed by atoms with van der Waals surface area (Å²) >= 11 is 5.98. The summed E-state index contributed by atoms with van der Waals surface area (Å²) in [5.41, 5.74) is -0.744. The summed E-state index contributed by atoms with van der Waals surface area (Å²) in [6, 6.07) is 7.45. The lowest BCUT2D eigenvalue weighted by atomic mass is 9.72. The SMILES string of the molecule is C[C@]1(c2cccc(Cl)c2F)CNC(=O)c2cnc(NC3CN(C(=O)c4cccnn4)C3)c(F)c21. The van der Waals surface area contributed by atoms with Crippen LogP contribution in [0.1, 0.15) is 38.9 Å². The van der Waals surface area contributed by atoms with Gasteiger partial charge in [-0.2, -0.15) is 5.10 Å². The van der Waals surface area contributed by atoms with Gasteiger partial charge in [0, 0.05) is 48.6 Å². The molecule has 1 aromatic carbocycles. The normalized spacial score (nSPS) is 19.8. The minimum absolute atomic E-state index is 0.0136. The molecular formula is C23H19ClF2N6O2. The van der Waals surface area contributed by atoms with Crippen LogP contribution in [0.2, 0.25) is 5.02 Å². The van der Waals surface area contributed by atoms with Gasteiger partial charge in [-0.3, -0.25) is 9.59 Å². The summed E-state index contributed by atoms with van der Waals surface area (Å²) in [4.78, 5) is 30.5. The molecule has 3 aromatic rings. The summed E-state index contributed by atoms with van der Waals surface area (Å²) in [6.45, 7) is 2.26. The van der Waals surface area contributed by atoms with Crippen LogP contribution in [0.5, 0.6) is 0 Å². The van der Waals surface area contributed by atoms with Gasteiger partial charge >= 0.3 is 0 Å². The molecule has 1 fully saturated rings. The van der Waals surface area contributed by atoms with Crippen LogP contribution in [0.25, 0.3) is 0 Å². The first-order chi connectivity index (χ1) is 16.3. The maximum absolute atomic E-state index is 15.8. The summed E-state index contributed by atoms with van der Waals surface area (Å²) in [5.74, 6) is -2.24. The third-order valence-electron chi connectivity index (χ3n) is 6.27. The van der Waals surface area contributed by atoms with Crippen LogP contribution in [0, 0.1) is 11.6 Å². The molecule has 0 spiro atoms. The number of carbonyl (C=O) groups excluding carboxylic acids is 2. The van der Waals surface area contributed by atoms with E-state index < -0.39 is 23.0 Å². The highest BCUT2D eigenvalue weighted by Crippen LogP contribution is 2.41. The zero-order valence-electron chi connectivity index (χ0n) is 18.0. The maximum Gasteiger partial charge on any atom is 0.274 e. The number of amides is 2. The van der Waals surface area contributed by atoms with E-state index in [2.05, 4.69) is 25.8 Å². The molecule has 4 heterocycles. The quantitative estimate of drug-likeness (QED) is 0.590. The lowest BCUT2D eigenvalue weighted by molar-refractivity contribution is 0.0617. The van der Waals surface area contributed by atoms with Crippen molar-refractivity contribution < 1.29 is 18.4 Å². The number of hydrogen-bond donors (Lipinski definition) is 2. The predicted molar refractivity (Wildman–Crippen MR) is 120 cm³/mol. The van der Waals surface area contributed by atoms with Crippen molar-refractivity contribution in [2.24, 2.45) is 0 Å². The smallest absolute Gasteiger partial charge is 0.274 e. The molecule has 2 aliphatic heterocycles. The highest BCUT2D eigenvalue weighted by atomic mass is 35.5. The van der Waals surface area contributed by atoms with Crippen molar-refractivity contribution in [3.8, 4) is 0 Å². The van der Waals surface area contributed by atoms with E-state index in [4.69, 9.17) is 11.6 Å². The molecule has 0 aliphatic carbocycles. The molecule has 2 aliphatic rings. The number of likely N-dealkylation sites (tertiary alicyclic amines) is 1. The number of carbonyl (C=O) groups is 2. The Morgan fingerprint density at radius 3 is 2.76 bits per heavy atom. The van der Waals surface area contributed by atoms with Crippen molar-refractivity contribution in [1.82, 2.24) is 25.4 Å². The van der Waals surface area contributed by atoms with Gasteiger partial charge in [0.15, 0.2) is 17.3 Å². The Hall–Kier alpha value is -3.66.